The first-order chi connectivity index (χ1) is 7.33. The van der Waals surface area contributed by atoms with Crippen LogP contribution in [-0.2, 0) is 0 Å². The van der Waals surface area contributed by atoms with Crippen molar-refractivity contribution >= 4 is 0 Å². The maximum Gasteiger partial charge on any atom is 0.0757 e. The van der Waals surface area contributed by atoms with Crippen LogP contribution in [0.5, 0.6) is 0 Å². The molecule has 0 saturated heterocycles. The minimum absolute atomic E-state index is 0.136. The van der Waals surface area contributed by atoms with Crippen molar-refractivity contribution in [3.05, 3.63) is 0 Å². The first-order valence-electron chi connectivity index (χ1n) is 7.05. The molecule has 0 amide bonds. The predicted molar refractivity (Wildman–Crippen MR) is 66.1 cm³/mol. The summed E-state index contributed by atoms with van der Waals surface area (Å²) in [4.78, 5) is 0. The van der Waals surface area contributed by atoms with Gasteiger partial charge in [0, 0.05) is 0 Å². The van der Waals surface area contributed by atoms with E-state index in [0.29, 0.717) is 0 Å². The molecule has 4 rings (SSSR count). The summed E-state index contributed by atoms with van der Waals surface area (Å²) in [6.45, 7) is 9.43. The van der Waals surface area contributed by atoms with Gasteiger partial charge in [0.2, 0.25) is 0 Å². The van der Waals surface area contributed by atoms with Crippen molar-refractivity contribution in [3.63, 3.8) is 0 Å². The third-order valence-electron chi connectivity index (χ3n) is 7.05. The smallest absolute Gasteiger partial charge is 0.0757 e. The highest BCUT2D eigenvalue weighted by Crippen LogP contribution is 2.71. The van der Waals surface area contributed by atoms with Crippen molar-refractivity contribution in [2.24, 2.45) is 28.6 Å². The Bertz CT molecular complexity index is 321. The van der Waals surface area contributed by atoms with Crippen molar-refractivity contribution in [3.8, 4) is 0 Å². The molecular weight excluding hydrogens is 196 g/mol. The molecule has 4 aliphatic carbocycles. The molecule has 1 N–H and O–H groups in total. The van der Waals surface area contributed by atoms with Gasteiger partial charge in [0.1, 0.15) is 0 Å². The Morgan fingerprint density at radius 3 is 2.44 bits per heavy atom. The van der Waals surface area contributed by atoms with E-state index in [-0.39, 0.29) is 10.8 Å². The number of rotatable bonds is 0. The van der Waals surface area contributed by atoms with E-state index in [1.807, 2.05) is 0 Å². The fraction of sp³-hybridized carbons (Fsp3) is 1.00. The van der Waals surface area contributed by atoms with Crippen LogP contribution < -0.4 is 0 Å². The summed E-state index contributed by atoms with van der Waals surface area (Å²) < 4.78 is 0. The molecule has 4 fully saturated rings. The van der Waals surface area contributed by atoms with Crippen LogP contribution in [-0.4, -0.2) is 10.7 Å². The van der Waals surface area contributed by atoms with E-state index < -0.39 is 5.60 Å². The second-order valence-corrected chi connectivity index (χ2v) is 7.59. The van der Waals surface area contributed by atoms with Crippen LogP contribution in [0.4, 0.5) is 0 Å². The Labute approximate surface area is 99.6 Å². The van der Waals surface area contributed by atoms with E-state index in [1.165, 1.54) is 25.7 Å². The molecule has 4 bridgehead atoms. The summed E-state index contributed by atoms with van der Waals surface area (Å²) in [7, 11) is 0. The van der Waals surface area contributed by atoms with Gasteiger partial charge in [-0.05, 0) is 60.7 Å². The van der Waals surface area contributed by atoms with Gasteiger partial charge in [-0.25, -0.2) is 0 Å². The lowest BCUT2D eigenvalue weighted by molar-refractivity contribution is -0.291. The zero-order valence-corrected chi connectivity index (χ0v) is 11.2. The molecule has 1 heteroatoms. The van der Waals surface area contributed by atoms with E-state index in [1.54, 1.807) is 0 Å². The van der Waals surface area contributed by atoms with Crippen LogP contribution in [0.2, 0.25) is 0 Å². The molecule has 5 atom stereocenters. The van der Waals surface area contributed by atoms with Crippen molar-refractivity contribution in [1.82, 2.24) is 0 Å². The zero-order chi connectivity index (χ0) is 11.8. The Balaban J connectivity index is 2.13. The third kappa shape index (κ3) is 0.939. The molecule has 0 radical (unpaired) electrons. The molecule has 16 heavy (non-hydrogen) atoms. The largest absolute Gasteiger partial charge is 0.389 e. The Morgan fingerprint density at radius 2 is 1.75 bits per heavy atom. The highest BCUT2D eigenvalue weighted by atomic mass is 16.3. The highest BCUT2D eigenvalue weighted by Gasteiger charge is 2.69. The van der Waals surface area contributed by atoms with E-state index in [4.69, 9.17) is 0 Å². The molecular formula is C15H26O. The molecule has 0 aliphatic heterocycles. The average Bonchev–Trinajstić information content (AvgIpc) is 2.22. The first kappa shape index (κ1) is 11.1. The minimum atomic E-state index is -0.391. The Kier molecular flexibility index (Phi) is 1.98. The molecule has 4 aliphatic rings. The molecule has 0 spiro atoms. The zero-order valence-electron chi connectivity index (χ0n) is 11.2. The van der Waals surface area contributed by atoms with Crippen LogP contribution in [0.15, 0.2) is 0 Å². The monoisotopic (exact) mass is 222 g/mol. The predicted octanol–water partition coefficient (Wildman–Crippen LogP) is 3.61. The Hall–Kier alpha value is -0.0400. The maximum atomic E-state index is 11.3. The van der Waals surface area contributed by atoms with Crippen molar-refractivity contribution in [2.45, 2.75) is 65.4 Å². The molecule has 2 unspecified atom stereocenters. The quantitative estimate of drug-likeness (QED) is 0.664. The van der Waals surface area contributed by atoms with Crippen molar-refractivity contribution < 1.29 is 5.11 Å². The van der Waals surface area contributed by atoms with Crippen LogP contribution in [0.3, 0.4) is 0 Å². The fourth-order valence-corrected chi connectivity index (χ4v) is 5.69. The standard InChI is InChI=1S/C15H26O/c1-10-5-8-15(16)13(2,3)11-6-7-14(15,4)12(10)9-11/h10-12,16H,5-9H2,1-4H3/t10-,11?,12?,14-,15+/m0/s1. The van der Waals surface area contributed by atoms with Gasteiger partial charge in [-0.15, -0.1) is 0 Å². The highest BCUT2D eigenvalue weighted by molar-refractivity contribution is 5.19. The van der Waals surface area contributed by atoms with Gasteiger partial charge in [-0.2, -0.15) is 0 Å². The number of hydrogen-bond acceptors (Lipinski definition) is 1. The van der Waals surface area contributed by atoms with Gasteiger partial charge >= 0.3 is 0 Å². The molecule has 0 aromatic carbocycles. The second-order valence-electron chi connectivity index (χ2n) is 7.59. The van der Waals surface area contributed by atoms with Crippen LogP contribution >= 0.6 is 0 Å². The average molecular weight is 222 g/mol. The summed E-state index contributed by atoms with van der Waals surface area (Å²) in [5, 5.41) is 11.3. The van der Waals surface area contributed by atoms with Crippen LogP contribution in [0.25, 0.3) is 0 Å². The van der Waals surface area contributed by atoms with Gasteiger partial charge in [0.05, 0.1) is 5.60 Å². The van der Waals surface area contributed by atoms with Gasteiger partial charge in [0.15, 0.2) is 0 Å². The lowest BCUT2D eigenvalue weighted by atomic mass is 9.35. The fourth-order valence-electron chi connectivity index (χ4n) is 5.69. The van der Waals surface area contributed by atoms with E-state index in [0.717, 1.165) is 24.2 Å². The number of aliphatic hydroxyl groups is 1. The van der Waals surface area contributed by atoms with E-state index in [9.17, 15) is 5.11 Å². The summed E-state index contributed by atoms with van der Waals surface area (Å²) >= 11 is 0. The second kappa shape index (κ2) is 2.85. The molecule has 1 nitrogen and oxygen atoms in total. The first-order valence-corrected chi connectivity index (χ1v) is 7.05. The SMILES string of the molecule is C[C@H]1CC[C@@]2(O)C(C)(C)C3CC[C@@]2(C)C1C3. The lowest BCUT2D eigenvalue weighted by Gasteiger charge is -2.71. The minimum Gasteiger partial charge on any atom is -0.389 e. The van der Waals surface area contributed by atoms with Crippen LogP contribution in [0, 0.1) is 28.6 Å². The number of hydrogen-bond donors (Lipinski definition) is 1. The summed E-state index contributed by atoms with van der Waals surface area (Å²) in [6.07, 6.45) is 6.23. The molecule has 0 heterocycles. The Morgan fingerprint density at radius 1 is 1.06 bits per heavy atom. The van der Waals surface area contributed by atoms with Gasteiger partial charge in [-0.1, -0.05) is 27.7 Å². The normalized spacial score (nSPS) is 58.7. The molecule has 0 aromatic rings. The lowest BCUT2D eigenvalue weighted by Crippen LogP contribution is -2.71. The van der Waals surface area contributed by atoms with Crippen molar-refractivity contribution in [1.29, 1.82) is 0 Å². The van der Waals surface area contributed by atoms with Crippen LogP contribution in [0.1, 0.15) is 59.8 Å². The molecule has 0 aromatic heterocycles. The summed E-state index contributed by atoms with van der Waals surface area (Å²) in [5.74, 6) is 2.36. The topological polar surface area (TPSA) is 20.2 Å². The number of fused-ring (bicyclic) bond motifs is 1. The molecule has 92 valence electrons. The van der Waals surface area contributed by atoms with Crippen molar-refractivity contribution in [2.75, 3.05) is 0 Å². The summed E-state index contributed by atoms with van der Waals surface area (Å²) in [5.41, 5.74) is -0.0576. The van der Waals surface area contributed by atoms with Gasteiger partial charge in [-0.3, -0.25) is 0 Å². The third-order valence-corrected chi connectivity index (χ3v) is 7.05. The van der Waals surface area contributed by atoms with E-state index in [2.05, 4.69) is 27.7 Å². The van der Waals surface area contributed by atoms with Gasteiger partial charge < -0.3 is 5.11 Å². The van der Waals surface area contributed by atoms with E-state index >= 15 is 0 Å². The van der Waals surface area contributed by atoms with Gasteiger partial charge in [0.25, 0.3) is 0 Å². The maximum absolute atomic E-state index is 11.3. The molecule has 4 saturated carbocycles. The summed E-state index contributed by atoms with van der Waals surface area (Å²) in [6, 6.07) is 0.